The molecule has 1 heterocycles. The van der Waals surface area contributed by atoms with E-state index in [1.165, 1.54) is 38.5 Å². The summed E-state index contributed by atoms with van der Waals surface area (Å²) in [4.78, 5) is 16.8. The second-order valence-electron chi connectivity index (χ2n) is 8.19. The zero-order valence-corrected chi connectivity index (χ0v) is 18.5. The van der Waals surface area contributed by atoms with Gasteiger partial charge in [-0.2, -0.15) is 0 Å². The minimum Gasteiger partial charge on any atom is -0.469 e. The minimum absolute atomic E-state index is 0.122. The summed E-state index contributed by atoms with van der Waals surface area (Å²) in [6.07, 6.45) is 15.3. The summed E-state index contributed by atoms with van der Waals surface area (Å²) in [7, 11) is 1.44. The molecule has 0 aromatic rings. The van der Waals surface area contributed by atoms with E-state index in [0.29, 0.717) is 12.3 Å². The van der Waals surface area contributed by atoms with Gasteiger partial charge in [-0.1, -0.05) is 70.4 Å². The van der Waals surface area contributed by atoms with Gasteiger partial charge in [-0.05, 0) is 38.5 Å². The molecular weight excluding hydrogens is 354 g/mol. The van der Waals surface area contributed by atoms with Crippen LogP contribution < -0.4 is 0 Å². The molecule has 164 valence electrons. The first-order valence-electron chi connectivity index (χ1n) is 11.6. The number of oxime groups is 1. The van der Waals surface area contributed by atoms with Crippen molar-refractivity contribution in [2.24, 2.45) is 11.1 Å². The number of nitrogens with zero attached hydrogens (tertiary/aromatic N) is 1. The fraction of sp³-hybridized carbons (Fsp3) is 0.913. The normalized spacial score (nSPS) is 19.9. The highest BCUT2D eigenvalue weighted by Gasteiger charge is 2.32. The lowest BCUT2D eigenvalue weighted by atomic mass is 9.86. The maximum Gasteiger partial charge on any atom is 0.305 e. The van der Waals surface area contributed by atoms with Gasteiger partial charge in [0.2, 0.25) is 0 Å². The Balaban J connectivity index is 2.16. The van der Waals surface area contributed by atoms with Crippen molar-refractivity contribution >= 4 is 11.7 Å². The van der Waals surface area contributed by atoms with E-state index in [4.69, 9.17) is 4.84 Å². The van der Waals surface area contributed by atoms with Crippen LogP contribution in [-0.4, -0.2) is 36.1 Å². The topological polar surface area (TPSA) is 68.1 Å². The lowest BCUT2D eigenvalue weighted by Gasteiger charge is -2.20. The molecule has 0 spiro atoms. The highest BCUT2D eigenvalue weighted by Crippen LogP contribution is 2.30. The molecule has 0 fully saturated rings. The molecule has 5 heteroatoms. The van der Waals surface area contributed by atoms with E-state index in [9.17, 15) is 9.90 Å². The predicted molar refractivity (Wildman–Crippen MR) is 114 cm³/mol. The Labute approximate surface area is 172 Å². The van der Waals surface area contributed by atoms with E-state index in [2.05, 4.69) is 23.7 Å². The first kappa shape index (κ1) is 24.9. The number of methoxy groups -OCH3 is 1. The van der Waals surface area contributed by atoms with Crippen LogP contribution in [0.15, 0.2) is 5.16 Å². The molecule has 0 bridgehead atoms. The summed E-state index contributed by atoms with van der Waals surface area (Å²) in [5.41, 5.74) is 1.24. The van der Waals surface area contributed by atoms with Crippen molar-refractivity contribution in [1.82, 2.24) is 0 Å². The zero-order valence-electron chi connectivity index (χ0n) is 18.5. The van der Waals surface area contributed by atoms with Crippen LogP contribution in [0.1, 0.15) is 110 Å². The molecule has 0 aromatic heterocycles. The van der Waals surface area contributed by atoms with Gasteiger partial charge >= 0.3 is 5.97 Å². The summed E-state index contributed by atoms with van der Waals surface area (Å²) < 4.78 is 4.64. The van der Waals surface area contributed by atoms with Gasteiger partial charge in [0.05, 0.1) is 18.9 Å². The van der Waals surface area contributed by atoms with Gasteiger partial charge in [0.25, 0.3) is 0 Å². The molecule has 0 saturated heterocycles. The van der Waals surface area contributed by atoms with E-state index >= 15 is 0 Å². The molecule has 0 amide bonds. The number of hydrogen-bond acceptors (Lipinski definition) is 5. The molecule has 2 unspecified atom stereocenters. The molecule has 28 heavy (non-hydrogen) atoms. The summed E-state index contributed by atoms with van der Waals surface area (Å²) >= 11 is 0. The molecule has 0 radical (unpaired) electrons. The number of unbranched alkanes of at least 4 members (excludes halogenated alkanes) is 6. The van der Waals surface area contributed by atoms with Crippen LogP contribution in [0.5, 0.6) is 0 Å². The summed E-state index contributed by atoms with van der Waals surface area (Å²) in [6, 6.07) is 0. The van der Waals surface area contributed by atoms with Gasteiger partial charge < -0.3 is 14.7 Å². The molecule has 3 atom stereocenters. The van der Waals surface area contributed by atoms with Crippen LogP contribution >= 0.6 is 0 Å². The van der Waals surface area contributed by atoms with Crippen LogP contribution in [0, 0.1) is 5.92 Å². The largest absolute Gasteiger partial charge is 0.469 e. The highest BCUT2D eigenvalue weighted by atomic mass is 16.6. The first-order chi connectivity index (χ1) is 13.6. The van der Waals surface area contributed by atoms with E-state index in [-0.39, 0.29) is 18.2 Å². The van der Waals surface area contributed by atoms with Gasteiger partial charge in [0, 0.05) is 12.3 Å². The Morgan fingerprint density at radius 3 is 2.50 bits per heavy atom. The quantitative estimate of drug-likeness (QED) is 0.249. The van der Waals surface area contributed by atoms with Crippen LogP contribution in [0.25, 0.3) is 0 Å². The Bertz CT molecular complexity index is 438. The third kappa shape index (κ3) is 10.4. The predicted octanol–water partition coefficient (Wildman–Crippen LogP) is 5.78. The van der Waals surface area contributed by atoms with Crippen molar-refractivity contribution in [2.45, 2.75) is 122 Å². The number of esters is 1. The van der Waals surface area contributed by atoms with E-state index in [0.717, 1.165) is 64.2 Å². The van der Waals surface area contributed by atoms with Crippen molar-refractivity contribution in [3.05, 3.63) is 0 Å². The summed E-state index contributed by atoms with van der Waals surface area (Å²) in [5.74, 6) is 0.331. The van der Waals surface area contributed by atoms with Gasteiger partial charge in [-0.3, -0.25) is 4.79 Å². The zero-order chi connectivity index (χ0) is 20.6. The lowest BCUT2D eigenvalue weighted by molar-refractivity contribution is -0.140. The van der Waals surface area contributed by atoms with E-state index in [1.54, 1.807) is 0 Å². The molecule has 5 nitrogen and oxygen atoms in total. The second kappa shape index (κ2) is 15.8. The van der Waals surface area contributed by atoms with Crippen molar-refractivity contribution in [3.63, 3.8) is 0 Å². The van der Waals surface area contributed by atoms with Crippen molar-refractivity contribution in [1.29, 1.82) is 0 Å². The Morgan fingerprint density at radius 2 is 1.79 bits per heavy atom. The summed E-state index contributed by atoms with van der Waals surface area (Å²) in [6.45, 7) is 4.43. The lowest BCUT2D eigenvalue weighted by Crippen LogP contribution is -2.25. The smallest absolute Gasteiger partial charge is 0.305 e. The van der Waals surface area contributed by atoms with Gasteiger partial charge in [-0.25, -0.2) is 0 Å². The molecule has 0 aliphatic carbocycles. The molecule has 0 aromatic carbocycles. The maximum atomic E-state index is 11.1. The number of rotatable bonds is 17. The average molecular weight is 398 g/mol. The molecule has 0 saturated carbocycles. The average Bonchev–Trinajstić information content (AvgIpc) is 3.07. The van der Waals surface area contributed by atoms with E-state index < -0.39 is 0 Å². The SMILES string of the molecule is CCCCCC1C(CCC)=NOC1CC[C@H](O)CCCCCCCC(=O)OC. The number of hydrogen-bond donors (Lipinski definition) is 1. The Hall–Kier alpha value is -1.10. The van der Waals surface area contributed by atoms with E-state index in [1.807, 2.05) is 0 Å². The third-order valence-electron chi connectivity index (χ3n) is 5.74. The summed E-state index contributed by atoms with van der Waals surface area (Å²) in [5, 5.41) is 14.7. The Morgan fingerprint density at radius 1 is 1.04 bits per heavy atom. The molecule has 1 aliphatic heterocycles. The monoisotopic (exact) mass is 397 g/mol. The van der Waals surface area contributed by atoms with Crippen molar-refractivity contribution in [3.8, 4) is 0 Å². The third-order valence-corrected chi connectivity index (χ3v) is 5.74. The van der Waals surface area contributed by atoms with Crippen LogP contribution in [0.2, 0.25) is 0 Å². The number of ether oxygens (including phenoxy) is 1. The number of aliphatic hydroxyl groups excluding tert-OH is 1. The van der Waals surface area contributed by atoms with Crippen molar-refractivity contribution < 1.29 is 19.5 Å². The van der Waals surface area contributed by atoms with Crippen LogP contribution in [0.3, 0.4) is 0 Å². The minimum atomic E-state index is -0.245. The highest BCUT2D eigenvalue weighted by molar-refractivity contribution is 5.87. The number of aliphatic hydroxyl groups is 1. The standard InChI is InChI=1S/C23H43NO4/c1-4-6-10-15-20-21(13-5-2)24-28-22(20)18-17-19(25)14-11-8-7-9-12-16-23(26)27-3/h19-20,22,25H,4-18H2,1-3H3/t19-,20?,22?/m1/s1. The fourth-order valence-corrected chi connectivity index (χ4v) is 3.98. The van der Waals surface area contributed by atoms with Gasteiger partial charge in [0.15, 0.2) is 0 Å². The second-order valence-corrected chi connectivity index (χ2v) is 8.19. The first-order valence-corrected chi connectivity index (χ1v) is 11.6. The fourth-order valence-electron chi connectivity index (χ4n) is 3.98. The molecular formula is C23H43NO4. The number of carbonyl (C=O) groups excluding carboxylic acids is 1. The molecule has 1 aliphatic rings. The van der Waals surface area contributed by atoms with Crippen LogP contribution in [-0.2, 0) is 14.4 Å². The molecule has 1 N–H and O–H groups in total. The van der Waals surface area contributed by atoms with Gasteiger partial charge in [0.1, 0.15) is 6.10 Å². The maximum absolute atomic E-state index is 11.1. The molecule has 1 rings (SSSR count). The Kier molecular flexibility index (Phi) is 14.1. The van der Waals surface area contributed by atoms with Gasteiger partial charge in [-0.15, -0.1) is 0 Å². The van der Waals surface area contributed by atoms with Crippen molar-refractivity contribution in [2.75, 3.05) is 7.11 Å². The number of carbonyl (C=O) groups is 1. The van der Waals surface area contributed by atoms with Crippen LogP contribution in [0.4, 0.5) is 0 Å².